The van der Waals surface area contributed by atoms with Crippen molar-refractivity contribution >= 4 is 0 Å². The number of benzene rings is 1. The van der Waals surface area contributed by atoms with Crippen LogP contribution in [0, 0.1) is 5.92 Å². The first-order valence-electron chi connectivity index (χ1n) is 7.66. The van der Waals surface area contributed by atoms with Crippen LogP contribution in [0.5, 0.6) is 0 Å². The van der Waals surface area contributed by atoms with Gasteiger partial charge in [-0.2, -0.15) is 0 Å². The van der Waals surface area contributed by atoms with Crippen LogP contribution in [0.2, 0.25) is 0 Å². The molecule has 3 atom stereocenters. The van der Waals surface area contributed by atoms with E-state index >= 15 is 0 Å². The topological polar surface area (TPSA) is 35.5 Å². The van der Waals surface area contributed by atoms with Gasteiger partial charge in [-0.15, -0.1) is 0 Å². The van der Waals surface area contributed by atoms with E-state index in [-0.39, 0.29) is 11.5 Å². The summed E-state index contributed by atoms with van der Waals surface area (Å²) < 4.78 is 0. The number of aliphatic hydroxyl groups excluding tert-OH is 1. The molecule has 2 N–H and O–H groups in total. The first kappa shape index (κ1) is 15.5. The zero-order chi connectivity index (χ0) is 14.6. The van der Waals surface area contributed by atoms with Crippen LogP contribution in [0.1, 0.15) is 25.8 Å². The molecule has 3 nitrogen and oxygen atoms in total. The Kier molecular flexibility index (Phi) is 5.19. The van der Waals surface area contributed by atoms with Crippen molar-refractivity contribution in [2.24, 2.45) is 5.92 Å². The summed E-state index contributed by atoms with van der Waals surface area (Å²) in [6, 6.07) is 10.7. The molecule has 112 valence electrons. The summed E-state index contributed by atoms with van der Waals surface area (Å²) in [6.07, 6.45) is 0.925. The molecule has 20 heavy (non-hydrogen) atoms. The van der Waals surface area contributed by atoms with Crippen LogP contribution in [-0.2, 0) is 5.41 Å². The highest BCUT2D eigenvalue weighted by atomic mass is 16.3. The Morgan fingerprint density at radius 1 is 1.40 bits per heavy atom. The molecule has 0 aromatic heterocycles. The first-order valence-corrected chi connectivity index (χ1v) is 7.66. The molecule has 0 spiro atoms. The molecule has 2 rings (SSSR count). The second-order valence-corrected chi connectivity index (χ2v) is 6.48. The van der Waals surface area contributed by atoms with E-state index in [0.717, 1.165) is 32.6 Å². The first-order chi connectivity index (χ1) is 9.55. The summed E-state index contributed by atoms with van der Waals surface area (Å²) in [4.78, 5) is 2.50. The van der Waals surface area contributed by atoms with Crippen LogP contribution in [0.25, 0.3) is 0 Å². The molecular weight excluding hydrogens is 248 g/mol. The maximum Gasteiger partial charge on any atom is 0.0552 e. The lowest BCUT2D eigenvalue weighted by atomic mass is 9.82. The van der Waals surface area contributed by atoms with Crippen molar-refractivity contribution in [3.8, 4) is 0 Å². The molecule has 1 heterocycles. The van der Waals surface area contributed by atoms with Crippen molar-refractivity contribution in [1.82, 2.24) is 10.2 Å². The average Bonchev–Trinajstić information content (AvgIpc) is 2.88. The Balaban J connectivity index is 2.07. The van der Waals surface area contributed by atoms with E-state index in [1.54, 1.807) is 0 Å². The number of nitrogens with one attached hydrogen (secondary N) is 1. The summed E-state index contributed by atoms with van der Waals surface area (Å²) in [5.74, 6) is 0.435. The van der Waals surface area contributed by atoms with Gasteiger partial charge < -0.3 is 15.3 Å². The Bertz CT molecular complexity index is 407. The quantitative estimate of drug-likeness (QED) is 0.832. The van der Waals surface area contributed by atoms with Gasteiger partial charge in [0.15, 0.2) is 0 Å². The average molecular weight is 276 g/mol. The van der Waals surface area contributed by atoms with Crippen molar-refractivity contribution < 1.29 is 5.11 Å². The predicted molar refractivity (Wildman–Crippen MR) is 83.9 cm³/mol. The van der Waals surface area contributed by atoms with Crippen molar-refractivity contribution in [3.05, 3.63) is 35.9 Å². The fourth-order valence-electron chi connectivity index (χ4n) is 3.37. The minimum Gasteiger partial charge on any atom is -0.393 e. The lowest BCUT2D eigenvalue weighted by Crippen LogP contribution is -2.44. The van der Waals surface area contributed by atoms with Gasteiger partial charge in [-0.25, -0.2) is 0 Å². The molecule has 3 unspecified atom stereocenters. The number of likely N-dealkylation sites (N-methyl/N-ethyl adjacent to an activating group) is 1. The van der Waals surface area contributed by atoms with Crippen LogP contribution in [-0.4, -0.2) is 49.3 Å². The third-order valence-corrected chi connectivity index (χ3v) is 4.60. The predicted octanol–water partition coefficient (Wildman–Crippen LogP) is 1.87. The molecule has 1 aromatic rings. The third kappa shape index (κ3) is 3.60. The van der Waals surface area contributed by atoms with E-state index in [9.17, 15) is 5.11 Å². The van der Waals surface area contributed by atoms with Crippen LogP contribution in [0.4, 0.5) is 0 Å². The molecule has 0 amide bonds. The maximum atomic E-state index is 9.75. The van der Waals surface area contributed by atoms with Gasteiger partial charge in [-0.1, -0.05) is 37.3 Å². The van der Waals surface area contributed by atoms with Gasteiger partial charge in [-0.3, -0.25) is 0 Å². The zero-order valence-corrected chi connectivity index (χ0v) is 13.0. The monoisotopic (exact) mass is 276 g/mol. The summed E-state index contributed by atoms with van der Waals surface area (Å²) in [5, 5.41) is 13.1. The van der Waals surface area contributed by atoms with E-state index in [1.165, 1.54) is 5.56 Å². The Morgan fingerprint density at radius 2 is 2.10 bits per heavy atom. The van der Waals surface area contributed by atoms with Crippen molar-refractivity contribution in [1.29, 1.82) is 0 Å². The zero-order valence-electron chi connectivity index (χ0n) is 13.0. The molecule has 1 aliphatic heterocycles. The fourth-order valence-corrected chi connectivity index (χ4v) is 3.37. The van der Waals surface area contributed by atoms with Gasteiger partial charge in [0.25, 0.3) is 0 Å². The van der Waals surface area contributed by atoms with Gasteiger partial charge in [0.2, 0.25) is 0 Å². The van der Waals surface area contributed by atoms with E-state index in [1.807, 2.05) is 14.0 Å². The number of aliphatic hydroxyl groups is 1. The second kappa shape index (κ2) is 6.70. The summed E-state index contributed by atoms with van der Waals surface area (Å²) >= 11 is 0. The normalized spacial score (nSPS) is 24.5. The Hall–Kier alpha value is -0.900. The summed E-state index contributed by atoms with van der Waals surface area (Å²) in [5.41, 5.74) is 1.50. The molecular formula is C17H28N2O. The van der Waals surface area contributed by atoms with E-state index in [0.29, 0.717) is 5.92 Å². The minimum absolute atomic E-state index is 0.115. The van der Waals surface area contributed by atoms with Crippen molar-refractivity contribution in [2.45, 2.75) is 31.8 Å². The van der Waals surface area contributed by atoms with Gasteiger partial charge in [0, 0.05) is 25.0 Å². The van der Waals surface area contributed by atoms with Crippen molar-refractivity contribution in [3.63, 3.8) is 0 Å². The van der Waals surface area contributed by atoms with Gasteiger partial charge in [0.05, 0.1) is 6.10 Å². The molecule has 0 radical (unpaired) electrons. The van der Waals surface area contributed by atoms with E-state index < -0.39 is 0 Å². The summed E-state index contributed by atoms with van der Waals surface area (Å²) in [6.45, 7) is 8.37. The highest BCUT2D eigenvalue weighted by Gasteiger charge is 2.33. The van der Waals surface area contributed by atoms with Gasteiger partial charge >= 0.3 is 0 Å². The number of hydrogen-bond acceptors (Lipinski definition) is 3. The number of likely N-dealkylation sites (tertiary alicyclic amines) is 1. The molecule has 1 aliphatic rings. The Morgan fingerprint density at radius 3 is 2.65 bits per heavy atom. The fraction of sp³-hybridized carbons (Fsp3) is 0.647. The number of nitrogens with zero attached hydrogens (tertiary/aromatic N) is 1. The minimum atomic E-state index is -0.188. The maximum absolute atomic E-state index is 9.75. The van der Waals surface area contributed by atoms with Crippen LogP contribution < -0.4 is 5.32 Å². The highest BCUT2D eigenvalue weighted by molar-refractivity contribution is 5.25. The molecule has 1 aromatic carbocycles. The lowest BCUT2D eigenvalue weighted by molar-refractivity contribution is 0.125. The van der Waals surface area contributed by atoms with E-state index in [2.05, 4.69) is 47.5 Å². The standard InChI is InChI=1S/C17H28N2O/c1-14(20)15-9-10-19(11-15)13-17(2,12-18-3)16-7-5-4-6-8-16/h4-8,14-15,18,20H,9-13H2,1-3H3. The van der Waals surface area contributed by atoms with Gasteiger partial charge in [-0.05, 0) is 38.4 Å². The lowest BCUT2D eigenvalue weighted by Gasteiger charge is -2.34. The van der Waals surface area contributed by atoms with Crippen LogP contribution in [0.15, 0.2) is 30.3 Å². The Labute approximate surface area is 123 Å². The van der Waals surface area contributed by atoms with Gasteiger partial charge in [0.1, 0.15) is 0 Å². The van der Waals surface area contributed by atoms with E-state index in [4.69, 9.17) is 0 Å². The third-order valence-electron chi connectivity index (χ3n) is 4.60. The molecule has 1 fully saturated rings. The smallest absolute Gasteiger partial charge is 0.0552 e. The van der Waals surface area contributed by atoms with Crippen LogP contribution in [0.3, 0.4) is 0 Å². The molecule has 3 heteroatoms. The molecule has 0 aliphatic carbocycles. The van der Waals surface area contributed by atoms with Crippen molar-refractivity contribution in [2.75, 3.05) is 33.2 Å². The molecule has 1 saturated heterocycles. The SMILES string of the molecule is CNCC(C)(CN1CCC(C(C)O)C1)c1ccccc1. The second-order valence-electron chi connectivity index (χ2n) is 6.48. The van der Waals surface area contributed by atoms with Crippen LogP contribution >= 0.6 is 0 Å². The largest absolute Gasteiger partial charge is 0.393 e. The molecule has 0 saturated carbocycles. The molecule has 0 bridgehead atoms. The number of hydrogen-bond donors (Lipinski definition) is 2. The number of rotatable bonds is 6. The summed E-state index contributed by atoms with van der Waals surface area (Å²) in [7, 11) is 2.02. The highest BCUT2D eigenvalue weighted by Crippen LogP contribution is 2.28.